The Balaban J connectivity index is 1.89. The van der Waals surface area contributed by atoms with Crippen molar-refractivity contribution in [3.05, 3.63) is 58.1 Å². The molecule has 3 aromatic heterocycles. The van der Waals surface area contributed by atoms with E-state index in [1.54, 1.807) is 11.5 Å². The molecular formula is C19H16N2O3. The zero-order valence-corrected chi connectivity index (χ0v) is 13.2. The Bertz CT molecular complexity index is 1160. The molecule has 0 amide bonds. The topological polar surface area (TPSA) is 71.2 Å². The van der Waals surface area contributed by atoms with Gasteiger partial charge >= 0.3 is 0 Å². The Kier molecular flexibility index (Phi) is 2.62. The Morgan fingerprint density at radius 3 is 2.96 bits per heavy atom. The van der Waals surface area contributed by atoms with E-state index in [1.165, 1.54) is 17.2 Å². The summed E-state index contributed by atoms with van der Waals surface area (Å²) in [5.74, 6) is 0. The van der Waals surface area contributed by atoms with Gasteiger partial charge in [0.25, 0.3) is 5.56 Å². The number of nitrogens with one attached hydrogen (secondary N) is 1. The number of hydrogen-bond acceptors (Lipinski definition) is 3. The number of benzene rings is 1. The molecule has 120 valence electrons. The highest BCUT2D eigenvalue weighted by atomic mass is 16.3. The van der Waals surface area contributed by atoms with Gasteiger partial charge in [-0.2, -0.15) is 0 Å². The van der Waals surface area contributed by atoms with Gasteiger partial charge in [0.1, 0.15) is 0 Å². The van der Waals surface area contributed by atoms with Crippen LogP contribution in [0, 0.1) is 0 Å². The summed E-state index contributed by atoms with van der Waals surface area (Å²) < 4.78 is 7.21. The fraction of sp³-hybridized carbons (Fsp3) is 0.211. The van der Waals surface area contributed by atoms with Gasteiger partial charge in [-0.25, -0.2) is 0 Å². The van der Waals surface area contributed by atoms with E-state index in [0.29, 0.717) is 23.1 Å². The van der Waals surface area contributed by atoms with Gasteiger partial charge in [0.15, 0.2) is 5.58 Å². The molecule has 24 heavy (non-hydrogen) atoms. The molecule has 4 aromatic rings. The number of hydrogen-bond donors (Lipinski definition) is 2. The summed E-state index contributed by atoms with van der Waals surface area (Å²) in [6, 6.07) is 10.1. The highest BCUT2D eigenvalue weighted by molar-refractivity contribution is 5.93. The van der Waals surface area contributed by atoms with Gasteiger partial charge in [-0.05, 0) is 31.0 Å². The van der Waals surface area contributed by atoms with E-state index in [-0.39, 0.29) is 5.56 Å². The quantitative estimate of drug-likeness (QED) is 0.565. The number of aliphatic hydroxyl groups is 1. The van der Waals surface area contributed by atoms with Crippen molar-refractivity contribution in [1.82, 2.24) is 9.55 Å². The van der Waals surface area contributed by atoms with E-state index in [4.69, 9.17) is 4.42 Å². The van der Waals surface area contributed by atoms with Crippen LogP contribution in [0.25, 0.3) is 33.3 Å². The molecule has 1 aliphatic rings. The van der Waals surface area contributed by atoms with Crippen LogP contribution in [0.3, 0.4) is 0 Å². The van der Waals surface area contributed by atoms with Crippen molar-refractivity contribution in [2.75, 3.05) is 0 Å². The lowest BCUT2D eigenvalue weighted by atomic mass is 10.00. The highest BCUT2D eigenvalue weighted by Crippen LogP contribution is 2.36. The summed E-state index contributed by atoms with van der Waals surface area (Å²) in [6.45, 7) is 2.30. The van der Waals surface area contributed by atoms with Crippen molar-refractivity contribution in [3.8, 4) is 11.4 Å². The largest absolute Gasteiger partial charge is 0.458 e. The number of furan rings is 1. The molecule has 5 heteroatoms. The molecule has 1 aromatic carbocycles. The predicted molar refractivity (Wildman–Crippen MR) is 92.1 cm³/mol. The van der Waals surface area contributed by atoms with E-state index in [9.17, 15) is 9.90 Å². The molecule has 2 N–H and O–H groups in total. The van der Waals surface area contributed by atoms with E-state index in [2.05, 4.69) is 11.1 Å². The number of fused-ring (bicyclic) bond motifs is 6. The number of nitrogens with zero attached hydrogens (tertiary/aromatic N) is 1. The van der Waals surface area contributed by atoms with Crippen LogP contribution in [0.4, 0.5) is 0 Å². The van der Waals surface area contributed by atoms with Crippen LogP contribution in [0.15, 0.2) is 45.8 Å². The maximum absolute atomic E-state index is 12.8. The van der Waals surface area contributed by atoms with Crippen LogP contribution >= 0.6 is 0 Å². The number of rotatable bonds is 1. The molecule has 0 radical (unpaired) electrons. The lowest BCUT2D eigenvalue weighted by Gasteiger charge is -2.19. The molecule has 0 saturated heterocycles. The van der Waals surface area contributed by atoms with Crippen molar-refractivity contribution in [2.24, 2.45) is 0 Å². The van der Waals surface area contributed by atoms with Crippen molar-refractivity contribution >= 4 is 21.9 Å². The SMILES string of the molecule is CC(O)c1coc2c(=O)n3c(cc12)-c1[nH]c2ccccc2c1CC3. The lowest BCUT2D eigenvalue weighted by molar-refractivity contribution is 0.199. The van der Waals surface area contributed by atoms with E-state index >= 15 is 0 Å². The fourth-order valence-corrected chi connectivity index (χ4v) is 3.80. The van der Waals surface area contributed by atoms with Crippen LogP contribution < -0.4 is 5.56 Å². The maximum Gasteiger partial charge on any atom is 0.294 e. The van der Waals surface area contributed by atoms with Gasteiger partial charge in [0, 0.05) is 28.4 Å². The number of aromatic amines is 1. The number of para-hydroxylation sites is 1. The summed E-state index contributed by atoms with van der Waals surface area (Å²) in [4.78, 5) is 16.3. The Morgan fingerprint density at radius 2 is 2.12 bits per heavy atom. The van der Waals surface area contributed by atoms with Crippen molar-refractivity contribution in [3.63, 3.8) is 0 Å². The van der Waals surface area contributed by atoms with E-state index in [1.807, 2.05) is 24.3 Å². The second-order valence-corrected chi connectivity index (χ2v) is 6.37. The first-order valence-electron chi connectivity index (χ1n) is 8.08. The van der Waals surface area contributed by atoms with E-state index in [0.717, 1.165) is 23.3 Å². The third kappa shape index (κ3) is 1.65. The fourth-order valence-electron chi connectivity index (χ4n) is 3.80. The van der Waals surface area contributed by atoms with Gasteiger partial charge < -0.3 is 19.1 Å². The monoisotopic (exact) mass is 320 g/mol. The molecule has 1 unspecified atom stereocenters. The smallest absolute Gasteiger partial charge is 0.294 e. The maximum atomic E-state index is 12.8. The Labute approximate surface area is 137 Å². The van der Waals surface area contributed by atoms with Gasteiger partial charge in [-0.1, -0.05) is 18.2 Å². The summed E-state index contributed by atoms with van der Waals surface area (Å²) in [5, 5.41) is 11.8. The van der Waals surface area contributed by atoms with Crippen molar-refractivity contribution in [2.45, 2.75) is 26.0 Å². The molecular weight excluding hydrogens is 304 g/mol. The number of pyridine rings is 1. The first kappa shape index (κ1) is 13.6. The first-order chi connectivity index (χ1) is 11.6. The minimum Gasteiger partial charge on any atom is -0.458 e. The van der Waals surface area contributed by atoms with Gasteiger partial charge in [0.05, 0.1) is 23.8 Å². The average Bonchev–Trinajstić information content (AvgIpc) is 3.16. The Hall–Kier alpha value is -2.79. The van der Waals surface area contributed by atoms with Crippen LogP contribution in [0.2, 0.25) is 0 Å². The second-order valence-electron chi connectivity index (χ2n) is 6.37. The molecule has 0 saturated carbocycles. The minimum atomic E-state index is -0.681. The van der Waals surface area contributed by atoms with Crippen LogP contribution in [-0.4, -0.2) is 14.7 Å². The highest BCUT2D eigenvalue weighted by Gasteiger charge is 2.25. The molecule has 0 fully saturated rings. The van der Waals surface area contributed by atoms with Crippen molar-refractivity contribution in [1.29, 1.82) is 0 Å². The van der Waals surface area contributed by atoms with Crippen LogP contribution in [0.1, 0.15) is 24.2 Å². The molecule has 5 rings (SSSR count). The molecule has 5 nitrogen and oxygen atoms in total. The number of aryl methyl sites for hydroxylation is 1. The van der Waals surface area contributed by atoms with Crippen molar-refractivity contribution < 1.29 is 9.52 Å². The van der Waals surface area contributed by atoms with Crippen LogP contribution in [0.5, 0.6) is 0 Å². The third-order valence-corrected chi connectivity index (χ3v) is 4.98. The molecule has 1 aliphatic heterocycles. The van der Waals surface area contributed by atoms with Crippen LogP contribution in [-0.2, 0) is 13.0 Å². The van der Waals surface area contributed by atoms with Gasteiger partial charge in [-0.15, -0.1) is 0 Å². The number of H-pyrrole nitrogens is 1. The molecule has 0 spiro atoms. The standard InChI is InChI=1S/C19H16N2O3/c1-10(22)14-9-24-18-13(14)8-16-17-12(6-7-21(16)19(18)23)11-4-2-3-5-15(11)20-17/h2-5,8-10,20,22H,6-7H2,1H3. The van der Waals surface area contributed by atoms with Gasteiger partial charge in [0.2, 0.25) is 0 Å². The van der Waals surface area contributed by atoms with E-state index < -0.39 is 6.10 Å². The molecule has 0 bridgehead atoms. The predicted octanol–water partition coefficient (Wildman–Crippen LogP) is 3.35. The zero-order valence-electron chi connectivity index (χ0n) is 13.2. The third-order valence-electron chi connectivity index (χ3n) is 4.98. The summed E-state index contributed by atoms with van der Waals surface area (Å²) in [5.41, 5.74) is 4.98. The lowest BCUT2D eigenvalue weighted by Crippen LogP contribution is -2.25. The summed E-state index contributed by atoms with van der Waals surface area (Å²) >= 11 is 0. The molecule has 0 aliphatic carbocycles. The summed E-state index contributed by atoms with van der Waals surface area (Å²) in [6.07, 6.45) is 1.61. The first-order valence-corrected chi connectivity index (χ1v) is 8.08. The second kappa shape index (κ2) is 4.61. The number of aromatic nitrogens is 2. The number of aliphatic hydroxyl groups excluding tert-OH is 1. The van der Waals surface area contributed by atoms with Gasteiger partial charge in [-0.3, -0.25) is 4.79 Å². The molecule has 4 heterocycles. The zero-order chi connectivity index (χ0) is 16.4. The normalized spacial score (nSPS) is 14.8. The average molecular weight is 320 g/mol. The molecule has 1 atom stereocenters. The minimum absolute atomic E-state index is 0.140. The summed E-state index contributed by atoms with van der Waals surface area (Å²) in [7, 11) is 0. The Morgan fingerprint density at radius 1 is 1.29 bits per heavy atom.